The molecule has 1 N–H and O–H groups in total. The summed E-state index contributed by atoms with van der Waals surface area (Å²) in [4.78, 5) is 10.4. The van der Waals surface area contributed by atoms with E-state index in [-0.39, 0.29) is 0 Å². The van der Waals surface area contributed by atoms with Gasteiger partial charge in [0.15, 0.2) is 0 Å². The first kappa shape index (κ1) is 10.4. The molecular weight excluding hydrogens is 198 g/mol. The molecule has 2 nitrogen and oxygen atoms in total. The molecule has 1 amide bonds. The van der Waals surface area contributed by atoms with Crippen molar-refractivity contribution in [3.05, 3.63) is 65.7 Å². The van der Waals surface area contributed by atoms with Gasteiger partial charge in [-0.15, -0.1) is 0 Å². The van der Waals surface area contributed by atoms with Crippen molar-refractivity contribution in [2.45, 2.75) is 6.42 Å². The summed E-state index contributed by atoms with van der Waals surface area (Å²) in [5.41, 5.74) is 3.04. The summed E-state index contributed by atoms with van der Waals surface area (Å²) in [7, 11) is 0. The minimum atomic E-state index is 0.681. The van der Waals surface area contributed by atoms with Crippen molar-refractivity contribution in [1.82, 2.24) is 0 Å². The minimum absolute atomic E-state index is 0.681. The Kier molecular flexibility index (Phi) is 3.34. The van der Waals surface area contributed by atoms with Crippen LogP contribution >= 0.6 is 0 Å². The third-order valence-electron chi connectivity index (χ3n) is 2.38. The van der Waals surface area contributed by atoms with Crippen LogP contribution in [0.15, 0.2) is 48.5 Å². The molecular formula is C14H12NO. The summed E-state index contributed by atoms with van der Waals surface area (Å²) in [6.45, 7) is 0. The molecule has 2 rings (SSSR count). The maximum atomic E-state index is 10.4. The van der Waals surface area contributed by atoms with E-state index in [9.17, 15) is 4.79 Å². The second kappa shape index (κ2) is 5.12. The van der Waals surface area contributed by atoms with E-state index >= 15 is 0 Å². The zero-order chi connectivity index (χ0) is 11.2. The SMILES string of the molecule is O=CNc1[c]cccc1Cc1ccccc1. The van der Waals surface area contributed by atoms with Gasteiger partial charge >= 0.3 is 0 Å². The number of para-hydroxylation sites is 1. The van der Waals surface area contributed by atoms with Gasteiger partial charge in [-0.25, -0.2) is 0 Å². The predicted octanol–water partition coefficient (Wildman–Crippen LogP) is 2.65. The molecule has 0 spiro atoms. The van der Waals surface area contributed by atoms with Gasteiger partial charge in [-0.05, 0) is 17.5 Å². The van der Waals surface area contributed by atoms with Crippen molar-refractivity contribution in [3.8, 4) is 0 Å². The average Bonchev–Trinajstić information content (AvgIpc) is 2.33. The lowest BCUT2D eigenvalue weighted by Crippen LogP contribution is -1.99. The van der Waals surface area contributed by atoms with E-state index in [4.69, 9.17) is 0 Å². The maximum Gasteiger partial charge on any atom is 0.211 e. The standard InChI is InChI=1S/C14H12NO/c16-11-15-14-9-5-4-8-13(14)10-12-6-2-1-3-7-12/h1-8,11H,10H2,(H,15,16). The van der Waals surface area contributed by atoms with Gasteiger partial charge in [-0.2, -0.15) is 0 Å². The Morgan fingerprint density at radius 3 is 2.69 bits per heavy atom. The molecule has 0 atom stereocenters. The number of rotatable bonds is 4. The Morgan fingerprint density at radius 1 is 1.12 bits per heavy atom. The fourth-order valence-corrected chi connectivity index (χ4v) is 1.63. The smallest absolute Gasteiger partial charge is 0.211 e. The lowest BCUT2D eigenvalue weighted by Gasteiger charge is -2.07. The first-order chi connectivity index (χ1) is 7.90. The Labute approximate surface area is 94.9 Å². The van der Waals surface area contributed by atoms with Crippen molar-refractivity contribution >= 4 is 12.1 Å². The zero-order valence-corrected chi connectivity index (χ0v) is 8.81. The predicted molar refractivity (Wildman–Crippen MR) is 64.2 cm³/mol. The Bertz CT molecular complexity index is 465. The Morgan fingerprint density at radius 2 is 1.94 bits per heavy atom. The van der Waals surface area contributed by atoms with Crippen molar-refractivity contribution in [2.24, 2.45) is 0 Å². The summed E-state index contributed by atoms with van der Waals surface area (Å²) in [6, 6.07) is 18.9. The highest BCUT2D eigenvalue weighted by Gasteiger charge is 2.01. The van der Waals surface area contributed by atoms with Gasteiger partial charge in [0.25, 0.3) is 0 Å². The van der Waals surface area contributed by atoms with Gasteiger partial charge in [0.1, 0.15) is 0 Å². The van der Waals surface area contributed by atoms with Gasteiger partial charge in [0, 0.05) is 6.07 Å². The van der Waals surface area contributed by atoms with E-state index in [0.717, 1.165) is 17.7 Å². The van der Waals surface area contributed by atoms with Crippen LogP contribution in [0.2, 0.25) is 0 Å². The molecule has 0 unspecified atom stereocenters. The topological polar surface area (TPSA) is 29.1 Å². The van der Waals surface area contributed by atoms with Gasteiger partial charge in [0.05, 0.1) is 5.69 Å². The van der Waals surface area contributed by atoms with Crippen molar-refractivity contribution in [1.29, 1.82) is 0 Å². The quantitative estimate of drug-likeness (QED) is 0.772. The minimum Gasteiger partial charge on any atom is -0.328 e. The number of amides is 1. The third-order valence-corrected chi connectivity index (χ3v) is 2.38. The van der Waals surface area contributed by atoms with Crippen LogP contribution in [0.4, 0.5) is 5.69 Å². The van der Waals surface area contributed by atoms with E-state index in [2.05, 4.69) is 23.5 Å². The summed E-state index contributed by atoms with van der Waals surface area (Å²) >= 11 is 0. The number of hydrogen-bond donors (Lipinski definition) is 1. The molecule has 0 heterocycles. The molecule has 2 aromatic rings. The van der Waals surface area contributed by atoms with Crippen LogP contribution in [0.3, 0.4) is 0 Å². The zero-order valence-electron chi connectivity index (χ0n) is 8.81. The van der Waals surface area contributed by atoms with Crippen LogP contribution in [0.5, 0.6) is 0 Å². The van der Waals surface area contributed by atoms with Crippen LogP contribution < -0.4 is 5.32 Å². The number of carbonyl (C=O) groups is 1. The lowest BCUT2D eigenvalue weighted by molar-refractivity contribution is -0.105. The molecule has 16 heavy (non-hydrogen) atoms. The molecule has 2 heteroatoms. The molecule has 2 aromatic carbocycles. The number of anilines is 1. The first-order valence-corrected chi connectivity index (χ1v) is 5.14. The molecule has 0 saturated heterocycles. The molecule has 0 saturated carbocycles. The second-order valence-corrected chi connectivity index (χ2v) is 3.49. The van der Waals surface area contributed by atoms with Crippen LogP contribution in [-0.2, 0) is 11.2 Å². The molecule has 79 valence electrons. The highest BCUT2D eigenvalue weighted by atomic mass is 16.1. The largest absolute Gasteiger partial charge is 0.328 e. The number of nitrogens with one attached hydrogen (secondary N) is 1. The van der Waals surface area contributed by atoms with Crippen LogP contribution in [0.1, 0.15) is 11.1 Å². The molecule has 0 aliphatic heterocycles. The van der Waals surface area contributed by atoms with Gasteiger partial charge in [-0.1, -0.05) is 48.5 Å². The van der Waals surface area contributed by atoms with Crippen molar-refractivity contribution in [2.75, 3.05) is 5.32 Å². The number of benzene rings is 2. The molecule has 0 bridgehead atoms. The summed E-state index contributed by atoms with van der Waals surface area (Å²) in [5.74, 6) is 0. The first-order valence-electron chi connectivity index (χ1n) is 5.14. The summed E-state index contributed by atoms with van der Waals surface area (Å²) in [5, 5.41) is 2.66. The third kappa shape index (κ3) is 2.48. The number of hydrogen-bond acceptors (Lipinski definition) is 1. The highest BCUT2D eigenvalue weighted by Crippen LogP contribution is 2.17. The van der Waals surface area contributed by atoms with E-state index in [0.29, 0.717) is 6.41 Å². The van der Waals surface area contributed by atoms with Crippen molar-refractivity contribution in [3.63, 3.8) is 0 Å². The fraction of sp³-hybridized carbons (Fsp3) is 0.0714. The van der Waals surface area contributed by atoms with Crippen LogP contribution in [-0.4, -0.2) is 6.41 Å². The Hall–Kier alpha value is -2.09. The molecule has 1 radical (unpaired) electrons. The van der Waals surface area contributed by atoms with Gasteiger partial charge in [-0.3, -0.25) is 4.79 Å². The number of carbonyl (C=O) groups excluding carboxylic acids is 1. The maximum absolute atomic E-state index is 10.4. The molecule has 0 fully saturated rings. The summed E-state index contributed by atoms with van der Waals surface area (Å²) in [6.07, 6.45) is 1.48. The van der Waals surface area contributed by atoms with E-state index in [1.807, 2.05) is 30.3 Å². The Balaban J connectivity index is 2.24. The van der Waals surface area contributed by atoms with Crippen molar-refractivity contribution < 1.29 is 4.79 Å². The summed E-state index contributed by atoms with van der Waals surface area (Å²) < 4.78 is 0. The fourth-order valence-electron chi connectivity index (χ4n) is 1.63. The molecule has 0 aliphatic rings. The van der Waals surface area contributed by atoms with E-state index < -0.39 is 0 Å². The monoisotopic (exact) mass is 210 g/mol. The molecule has 0 aromatic heterocycles. The van der Waals surface area contributed by atoms with Crippen LogP contribution in [0, 0.1) is 6.07 Å². The second-order valence-electron chi connectivity index (χ2n) is 3.49. The van der Waals surface area contributed by atoms with E-state index in [1.54, 1.807) is 6.07 Å². The van der Waals surface area contributed by atoms with E-state index in [1.165, 1.54) is 5.56 Å². The average molecular weight is 210 g/mol. The highest BCUT2D eigenvalue weighted by molar-refractivity contribution is 5.73. The van der Waals surface area contributed by atoms with Gasteiger partial charge in [0.2, 0.25) is 6.41 Å². The van der Waals surface area contributed by atoms with Crippen LogP contribution in [0.25, 0.3) is 0 Å². The molecule has 0 aliphatic carbocycles. The van der Waals surface area contributed by atoms with Gasteiger partial charge < -0.3 is 5.32 Å². The lowest BCUT2D eigenvalue weighted by atomic mass is 10.0. The normalized spacial score (nSPS) is 9.75.